The van der Waals surface area contributed by atoms with Gasteiger partial charge in [0, 0.05) is 37.8 Å². The molecule has 0 aromatic rings. The molecule has 0 aromatic heterocycles. The molecule has 0 spiro atoms. The van der Waals surface area contributed by atoms with Crippen molar-refractivity contribution in [2.45, 2.75) is 50.3 Å². The van der Waals surface area contributed by atoms with Crippen LogP contribution in [-0.4, -0.2) is 74.5 Å². The van der Waals surface area contributed by atoms with Gasteiger partial charge >= 0.3 is 0 Å². The molecule has 6 nitrogen and oxygen atoms in total. The predicted octanol–water partition coefficient (Wildman–Crippen LogP) is 0.968. The van der Waals surface area contributed by atoms with Crippen LogP contribution in [-0.2, 0) is 14.3 Å². The molecule has 24 heavy (non-hydrogen) atoms. The molecule has 2 heterocycles. The lowest BCUT2D eigenvalue weighted by atomic mass is 9.86. The second-order valence-electron chi connectivity index (χ2n) is 6.70. The number of hydrogen-bond donors (Lipinski definition) is 2. The van der Waals surface area contributed by atoms with E-state index in [0.717, 1.165) is 45.7 Å². The average molecular weight is 384 g/mol. The van der Waals surface area contributed by atoms with E-state index in [-0.39, 0.29) is 48.4 Å². The summed E-state index contributed by atoms with van der Waals surface area (Å²) >= 11 is 0. The number of carbonyl (C=O) groups is 1. The van der Waals surface area contributed by atoms with Crippen LogP contribution in [0.25, 0.3) is 0 Å². The zero-order chi connectivity index (χ0) is 15.4. The number of halogens is 2. The molecule has 1 aliphatic carbocycles. The highest BCUT2D eigenvalue weighted by Crippen LogP contribution is 2.38. The summed E-state index contributed by atoms with van der Waals surface area (Å²) in [7, 11) is 0. The van der Waals surface area contributed by atoms with Gasteiger partial charge in [0.15, 0.2) is 0 Å². The number of nitrogens with zero attached hydrogens (tertiary/aromatic N) is 1. The van der Waals surface area contributed by atoms with Crippen LogP contribution >= 0.6 is 24.8 Å². The molecule has 142 valence electrons. The number of carbonyl (C=O) groups excluding carboxylic acids is 1. The second kappa shape index (κ2) is 10.1. The first-order valence-electron chi connectivity index (χ1n) is 8.68. The standard InChI is InChI=1S/C16H29N3O3.2ClH/c1-13(18-15(20)14-12-17-6-9-22-14)16(4-2-3-5-16)19-7-10-21-11-8-19;;/h13-14,17H,2-12H2,1H3,(H,18,20);2*1H. The fourth-order valence-electron chi connectivity index (χ4n) is 4.19. The molecule has 2 unspecified atom stereocenters. The van der Waals surface area contributed by atoms with Crippen LogP contribution in [0.3, 0.4) is 0 Å². The molecule has 2 saturated heterocycles. The Kier molecular flexibility index (Phi) is 9.27. The molecule has 2 N–H and O–H groups in total. The Morgan fingerprint density at radius 2 is 1.88 bits per heavy atom. The number of ether oxygens (including phenoxy) is 2. The zero-order valence-electron chi connectivity index (χ0n) is 14.4. The van der Waals surface area contributed by atoms with E-state index in [0.29, 0.717) is 13.2 Å². The molecule has 2 atom stereocenters. The molecular formula is C16H31Cl2N3O3. The minimum absolute atomic E-state index is 0. The van der Waals surface area contributed by atoms with Gasteiger partial charge in [0.05, 0.1) is 19.8 Å². The fraction of sp³-hybridized carbons (Fsp3) is 0.938. The van der Waals surface area contributed by atoms with Crippen LogP contribution in [0, 0.1) is 0 Å². The van der Waals surface area contributed by atoms with Gasteiger partial charge in [-0.3, -0.25) is 9.69 Å². The van der Waals surface area contributed by atoms with Crippen molar-refractivity contribution in [3.8, 4) is 0 Å². The normalized spacial score (nSPS) is 28.3. The Balaban J connectivity index is 0.00000144. The van der Waals surface area contributed by atoms with Crippen LogP contribution in [0.2, 0.25) is 0 Å². The Hall–Kier alpha value is -0.110. The van der Waals surface area contributed by atoms with Gasteiger partial charge in [-0.1, -0.05) is 12.8 Å². The van der Waals surface area contributed by atoms with Crippen molar-refractivity contribution in [2.24, 2.45) is 0 Å². The van der Waals surface area contributed by atoms with E-state index in [2.05, 4.69) is 22.5 Å². The minimum atomic E-state index is -0.348. The first-order valence-corrected chi connectivity index (χ1v) is 8.68. The highest BCUT2D eigenvalue weighted by Gasteiger charge is 2.45. The van der Waals surface area contributed by atoms with Gasteiger partial charge in [0.2, 0.25) is 0 Å². The van der Waals surface area contributed by atoms with Crippen LogP contribution < -0.4 is 10.6 Å². The molecule has 0 radical (unpaired) electrons. The number of hydrogen-bond acceptors (Lipinski definition) is 5. The fourth-order valence-corrected chi connectivity index (χ4v) is 4.19. The van der Waals surface area contributed by atoms with Crippen molar-refractivity contribution in [1.82, 2.24) is 15.5 Å². The first-order chi connectivity index (χ1) is 10.7. The summed E-state index contributed by atoms with van der Waals surface area (Å²) in [5.41, 5.74) is 0.0987. The van der Waals surface area contributed by atoms with Gasteiger partial charge in [-0.2, -0.15) is 0 Å². The predicted molar refractivity (Wildman–Crippen MR) is 98.3 cm³/mol. The van der Waals surface area contributed by atoms with Crippen molar-refractivity contribution in [1.29, 1.82) is 0 Å². The Morgan fingerprint density at radius 1 is 1.21 bits per heavy atom. The van der Waals surface area contributed by atoms with E-state index in [1.807, 2.05) is 0 Å². The van der Waals surface area contributed by atoms with E-state index < -0.39 is 0 Å². The van der Waals surface area contributed by atoms with Crippen LogP contribution in [0.5, 0.6) is 0 Å². The number of rotatable bonds is 4. The van der Waals surface area contributed by atoms with Gasteiger partial charge in [-0.15, -0.1) is 24.8 Å². The Morgan fingerprint density at radius 3 is 2.46 bits per heavy atom. The van der Waals surface area contributed by atoms with Gasteiger partial charge in [0.1, 0.15) is 6.10 Å². The Labute approximate surface area is 157 Å². The second-order valence-corrected chi connectivity index (χ2v) is 6.70. The smallest absolute Gasteiger partial charge is 0.250 e. The monoisotopic (exact) mass is 383 g/mol. The molecule has 3 fully saturated rings. The highest BCUT2D eigenvalue weighted by atomic mass is 35.5. The van der Waals surface area contributed by atoms with Crippen molar-refractivity contribution in [2.75, 3.05) is 46.0 Å². The lowest BCUT2D eigenvalue weighted by Crippen LogP contribution is -2.63. The molecule has 1 saturated carbocycles. The first kappa shape index (κ1) is 21.9. The summed E-state index contributed by atoms with van der Waals surface area (Å²) in [5.74, 6) is 0.0271. The third kappa shape index (κ3) is 4.74. The molecule has 2 aliphatic heterocycles. The summed E-state index contributed by atoms with van der Waals surface area (Å²) < 4.78 is 11.1. The lowest BCUT2D eigenvalue weighted by molar-refractivity contribution is -0.136. The highest BCUT2D eigenvalue weighted by molar-refractivity contribution is 5.85. The van der Waals surface area contributed by atoms with Crippen LogP contribution in [0.1, 0.15) is 32.6 Å². The van der Waals surface area contributed by atoms with E-state index in [1.54, 1.807) is 0 Å². The van der Waals surface area contributed by atoms with Crippen molar-refractivity contribution >= 4 is 30.7 Å². The maximum atomic E-state index is 12.5. The van der Waals surface area contributed by atoms with Crippen LogP contribution in [0.15, 0.2) is 0 Å². The van der Waals surface area contributed by atoms with Crippen molar-refractivity contribution < 1.29 is 14.3 Å². The van der Waals surface area contributed by atoms with E-state index in [1.165, 1.54) is 12.8 Å². The quantitative estimate of drug-likeness (QED) is 0.757. The lowest BCUT2D eigenvalue weighted by Gasteiger charge is -2.47. The Bertz CT molecular complexity index is 383. The molecule has 3 rings (SSSR count). The molecule has 8 heteroatoms. The van der Waals surface area contributed by atoms with E-state index >= 15 is 0 Å². The average Bonchev–Trinajstić information content (AvgIpc) is 3.07. The summed E-state index contributed by atoms with van der Waals surface area (Å²) in [4.78, 5) is 15.0. The zero-order valence-corrected chi connectivity index (χ0v) is 16.1. The topological polar surface area (TPSA) is 62.8 Å². The van der Waals surface area contributed by atoms with Gasteiger partial charge in [-0.05, 0) is 19.8 Å². The van der Waals surface area contributed by atoms with Crippen LogP contribution in [0.4, 0.5) is 0 Å². The molecule has 0 bridgehead atoms. The molecule has 0 aromatic carbocycles. The summed E-state index contributed by atoms with van der Waals surface area (Å²) in [6.45, 7) is 7.77. The van der Waals surface area contributed by atoms with E-state index in [4.69, 9.17) is 9.47 Å². The third-order valence-electron chi connectivity index (χ3n) is 5.50. The maximum absolute atomic E-state index is 12.5. The number of amides is 1. The molecule has 3 aliphatic rings. The molecular weight excluding hydrogens is 353 g/mol. The van der Waals surface area contributed by atoms with Crippen molar-refractivity contribution in [3.05, 3.63) is 0 Å². The SMILES string of the molecule is CC(NC(=O)C1CNCCO1)C1(N2CCOCC2)CCCC1.Cl.Cl. The maximum Gasteiger partial charge on any atom is 0.250 e. The molecule has 1 amide bonds. The van der Waals surface area contributed by atoms with E-state index in [9.17, 15) is 4.79 Å². The largest absolute Gasteiger partial charge is 0.379 e. The number of morpholine rings is 2. The van der Waals surface area contributed by atoms with Gasteiger partial charge in [0.25, 0.3) is 5.91 Å². The third-order valence-corrected chi connectivity index (χ3v) is 5.50. The minimum Gasteiger partial charge on any atom is -0.379 e. The van der Waals surface area contributed by atoms with Crippen molar-refractivity contribution in [3.63, 3.8) is 0 Å². The number of nitrogens with one attached hydrogen (secondary N) is 2. The summed E-state index contributed by atoms with van der Waals surface area (Å²) in [6, 6.07) is 0.145. The van der Waals surface area contributed by atoms with Gasteiger partial charge < -0.3 is 20.1 Å². The summed E-state index contributed by atoms with van der Waals surface area (Å²) in [5, 5.41) is 6.46. The summed E-state index contributed by atoms with van der Waals surface area (Å²) in [6.07, 6.45) is 4.48. The van der Waals surface area contributed by atoms with Gasteiger partial charge in [-0.25, -0.2) is 0 Å².